The summed E-state index contributed by atoms with van der Waals surface area (Å²) in [5.74, 6) is 0. The Morgan fingerprint density at radius 2 is 2.31 bits per heavy atom. The van der Waals surface area contributed by atoms with E-state index in [4.69, 9.17) is 9.66 Å². The van der Waals surface area contributed by atoms with E-state index >= 15 is 0 Å². The number of nitrogens with one attached hydrogen (secondary N) is 1. The standard InChI is InChI=1S/C5H9NO5S2/c1-2-4(7)3-5(12)6-11-13(8,9)10/h2,4,7H,1,3H2,(H,6,12)(H,8,9,10)/t4-/m0/s1. The fourth-order valence-electron chi connectivity index (χ4n) is 0.414. The molecule has 8 heteroatoms. The van der Waals surface area contributed by atoms with Crippen LogP contribution in [-0.2, 0) is 14.7 Å². The van der Waals surface area contributed by atoms with Crippen LogP contribution in [0.5, 0.6) is 0 Å². The molecular weight excluding hydrogens is 218 g/mol. The zero-order valence-corrected chi connectivity index (χ0v) is 8.14. The molecule has 13 heavy (non-hydrogen) atoms. The van der Waals surface area contributed by atoms with Crippen molar-refractivity contribution >= 4 is 27.6 Å². The van der Waals surface area contributed by atoms with E-state index in [1.165, 1.54) is 6.08 Å². The molecule has 0 bridgehead atoms. The first-order valence-corrected chi connectivity index (χ1v) is 4.88. The maximum atomic E-state index is 10.0. The first-order valence-electron chi connectivity index (χ1n) is 3.10. The van der Waals surface area contributed by atoms with E-state index in [-0.39, 0.29) is 11.4 Å². The van der Waals surface area contributed by atoms with Crippen LogP contribution in [0.3, 0.4) is 0 Å². The molecule has 0 unspecified atom stereocenters. The van der Waals surface area contributed by atoms with Gasteiger partial charge in [-0.25, -0.2) is 5.48 Å². The van der Waals surface area contributed by atoms with Gasteiger partial charge in [-0.15, -0.1) is 10.9 Å². The van der Waals surface area contributed by atoms with Gasteiger partial charge < -0.3 is 5.11 Å². The molecule has 0 saturated carbocycles. The number of rotatable bonds is 5. The quantitative estimate of drug-likeness (QED) is 0.254. The summed E-state index contributed by atoms with van der Waals surface area (Å²) >= 11 is 4.55. The fraction of sp³-hybridized carbons (Fsp3) is 0.400. The highest BCUT2D eigenvalue weighted by molar-refractivity contribution is 7.81. The van der Waals surface area contributed by atoms with Crippen molar-refractivity contribution in [1.29, 1.82) is 0 Å². The van der Waals surface area contributed by atoms with Crippen molar-refractivity contribution in [3.8, 4) is 0 Å². The lowest BCUT2D eigenvalue weighted by molar-refractivity contribution is 0.208. The number of hydrogen-bond acceptors (Lipinski definition) is 5. The molecule has 0 aliphatic carbocycles. The van der Waals surface area contributed by atoms with Gasteiger partial charge in [0.25, 0.3) is 0 Å². The molecule has 6 nitrogen and oxygen atoms in total. The van der Waals surface area contributed by atoms with Crippen LogP contribution in [-0.4, -0.2) is 29.2 Å². The van der Waals surface area contributed by atoms with Crippen molar-refractivity contribution in [2.24, 2.45) is 0 Å². The SMILES string of the molecule is C=C[C@H](O)CC(=S)NOS(=O)(=O)O. The summed E-state index contributed by atoms with van der Waals surface area (Å²) in [6, 6.07) is 0. The van der Waals surface area contributed by atoms with Crippen molar-refractivity contribution in [1.82, 2.24) is 5.48 Å². The molecule has 0 aromatic carbocycles. The third kappa shape index (κ3) is 7.81. The van der Waals surface area contributed by atoms with E-state index in [2.05, 4.69) is 23.1 Å². The lowest BCUT2D eigenvalue weighted by atomic mass is 10.2. The highest BCUT2D eigenvalue weighted by Crippen LogP contribution is 1.94. The monoisotopic (exact) mass is 227 g/mol. The minimum absolute atomic E-state index is 0.0334. The minimum atomic E-state index is -4.57. The lowest BCUT2D eigenvalue weighted by Gasteiger charge is -2.07. The molecule has 3 N–H and O–H groups in total. The first-order chi connectivity index (χ1) is 5.85. The molecule has 0 fully saturated rings. The minimum Gasteiger partial charge on any atom is -0.389 e. The van der Waals surface area contributed by atoms with E-state index in [0.717, 1.165) is 0 Å². The molecule has 0 amide bonds. The second kappa shape index (κ2) is 5.25. The maximum absolute atomic E-state index is 10.0. The van der Waals surface area contributed by atoms with Crippen molar-refractivity contribution in [3.05, 3.63) is 12.7 Å². The molecule has 0 aliphatic rings. The highest BCUT2D eigenvalue weighted by atomic mass is 32.3. The summed E-state index contributed by atoms with van der Waals surface area (Å²) in [5, 5.41) is 8.94. The van der Waals surface area contributed by atoms with Gasteiger partial charge in [0, 0.05) is 6.42 Å². The third-order valence-corrected chi connectivity index (χ3v) is 1.47. The molecule has 0 saturated heterocycles. The van der Waals surface area contributed by atoms with Crippen molar-refractivity contribution in [2.45, 2.75) is 12.5 Å². The number of hydrogen-bond donors (Lipinski definition) is 3. The number of thiocarbonyl (C=S) groups is 1. The molecule has 1 atom stereocenters. The van der Waals surface area contributed by atoms with E-state index in [1.54, 1.807) is 5.48 Å². The Morgan fingerprint density at radius 1 is 1.77 bits per heavy atom. The summed E-state index contributed by atoms with van der Waals surface area (Å²) in [5.41, 5.74) is 1.77. The number of hydroxylamine groups is 1. The Hall–Kier alpha value is -0.540. The van der Waals surface area contributed by atoms with Gasteiger partial charge in [0.15, 0.2) is 0 Å². The summed E-state index contributed by atoms with van der Waals surface area (Å²) in [4.78, 5) is -0.0648. The van der Waals surface area contributed by atoms with Gasteiger partial charge in [0.2, 0.25) is 0 Å². The molecule has 0 spiro atoms. The molecule has 0 aromatic rings. The lowest BCUT2D eigenvalue weighted by Crippen LogP contribution is -2.27. The van der Waals surface area contributed by atoms with Crippen molar-refractivity contribution in [3.63, 3.8) is 0 Å². The average molecular weight is 227 g/mol. The first kappa shape index (κ1) is 12.5. The van der Waals surface area contributed by atoms with E-state index in [9.17, 15) is 8.42 Å². The van der Waals surface area contributed by atoms with E-state index in [1.807, 2.05) is 0 Å². The fourth-order valence-corrected chi connectivity index (χ4v) is 0.885. The smallest absolute Gasteiger partial charge is 0.389 e. The number of aliphatic hydroxyl groups is 1. The predicted octanol–water partition coefficient (Wildman–Crippen LogP) is -0.425. The van der Waals surface area contributed by atoms with E-state index in [0.29, 0.717) is 0 Å². The molecule has 76 valence electrons. The van der Waals surface area contributed by atoms with Gasteiger partial charge >= 0.3 is 10.4 Å². The zero-order chi connectivity index (χ0) is 10.5. The van der Waals surface area contributed by atoms with Crippen LogP contribution in [0.2, 0.25) is 0 Å². The summed E-state index contributed by atoms with van der Waals surface area (Å²) in [6.45, 7) is 3.28. The van der Waals surface area contributed by atoms with Crippen LogP contribution in [0.15, 0.2) is 12.7 Å². The highest BCUT2D eigenvalue weighted by Gasteiger charge is 2.08. The van der Waals surface area contributed by atoms with Crippen LogP contribution in [0, 0.1) is 0 Å². The summed E-state index contributed by atoms with van der Waals surface area (Å²) < 4.78 is 31.9. The Bertz CT molecular complexity index is 285. The van der Waals surface area contributed by atoms with Gasteiger partial charge in [-0.3, -0.25) is 4.55 Å². The Labute approximate surface area is 81.1 Å². The Kier molecular flexibility index (Phi) is 5.03. The zero-order valence-electron chi connectivity index (χ0n) is 6.50. The van der Waals surface area contributed by atoms with Crippen LogP contribution in [0.1, 0.15) is 6.42 Å². The molecule has 0 radical (unpaired) electrons. The predicted molar refractivity (Wildman–Crippen MR) is 49.2 cm³/mol. The van der Waals surface area contributed by atoms with Gasteiger partial charge in [-0.05, 0) is 0 Å². The summed E-state index contributed by atoms with van der Waals surface area (Å²) in [6.07, 6.45) is 0.306. The van der Waals surface area contributed by atoms with Crippen LogP contribution in [0.4, 0.5) is 0 Å². The summed E-state index contributed by atoms with van der Waals surface area (Å²) in [7, 11) is -4.57. The maximum Gasteiger partial charge on any atom is 0.418 e. The second-order valence-electron chi connectivity index (χ2n) is 2.04. The van der Waals surface area contributed by atoms with Crippen molar-refractivity contribution < 1.29 is 22.4 Å². The van der Waals surface area contributed by atoms with Crippen LogP contribution >= 0.6 is 12.2 Å². The Morgan fingerprint density at radius 3 is 2.69 bits per heavy atom. The Balaban J connectivity index is 3.83. The molecule has 0 aliphatic heterocycles. The van der Waals surface area contributed by atoms with Crippen molar-refractivity contribution in [2.75, 3.05) is 0 Å². The largest absolute Gasteiger partial charge is 0.418 e. The number of aliphatic hydroxyl groups excluding tert-OH is 1. The van der Waals surface area contributed by atoms with Gasteiger partial charge in [-0.2, -0.15) is 8.42 Å². The topological polar surface area (TPSA) is 95.9 Å². The molecular formula is C5H9NO5S2. The average Bonchev–Trinajstić information content (AvgIpc) is 1.99. The van der Waals surface area contributed by atoms with E-state index < -0.39 is 16.5 Å². The third-order valence-electron chi connectivity index (χ3n) is 0.927. The van der Waals surface area contributed by atoms with Gasteiger partial charge in [0.1, 0.15) is 4.99 Å². The normalized spacial score (nSPS) is 13.4. The second-order valence-corrected chi connectivity index (χ2v) is 3.56. The van der Waals surface area contributed by atoms with Gasteiger partial charge in [0.05, 0.1) is 6.10 Å². The molecule has 0 rings (SSSR count). The van der Waals surface area contributed by atoms with Gasteiger partial charge in [-0.1, -0.05) is 18.3 Å². The van der Waals surface area contributed by atoms with Crippen LogP contribution < -0.4 is 5.48 Å². The molecule has 0 heterocycles. The van der Waals surface area contributed by atoms with Crippen LogP contribution in [0.25, 0.3) is 0 Å². The molecule has 0 aromatic heterocycles.